The second-order valence-electron chi connectivity index (χ2n) is 6.86. The van der Waals surface area contributed by atoms with E-state index in [4.69, 9.17) is 9.72 Å². The normalized spacial score (nSPS) is 11.3. The molecule has 0 aliphatic carbocycles. The van der Waals surface area contributed by atoms with Crippen LogP contribution in [0.4, 0.5) is 0 Å². The molecule has 3 rings (SSSR count). The molecule has 0 aliphatic heterocycles. The Labute approximate surface area is 164 Å². The van der Waals surface area contributed by atoms with E-state index in [0.717, 1.165) is 45.2 Å². The first-order chi connectivity index (χ1) is 12.9. The van der Waals surface area contributed by atoms with Crippen LogP contribution < -0.4 is 0 Å². The van der Waals surface area contributed by atoms with Gasteiger partial charge >= 0.3 is 0 Å². The lowest BCUT2D eigenvalue weighted by molar-refractivity contribution is 0.101. The number of Topliss-reactive ketones (excluding diaryl/α,β-unsaturated/α-hetero) is 1. The van der Waals surface area contributed by atoms with Gasteiger partial charge in [0.1, 0.15) is 0 Å². The second kappa shape index (κ2) is 8.28. The lowest BCUT2D eigenvalue weighted by atomic mass is 9.92. The van der Waals surface area contributed by atoms with Crippen LogP contribution in [0.25, 0.3) is 11.0 Å². The molecule has 2 aromatic carbocycles. The number of para-hydroxylation sites is 2. The summed E-state index contributed by atoms with van der Waals surface area (Å²) in [6.07, 6.45) is 0. The maximum absolute atomic E-state index is 12.1. The summed E-state index contributed by atoms with van der Waals surface area (Å²) in [6.45, 7) is 9.24. The van der Waals surface area contributed by atoms with Gasteiger partial charge in [0.25, 0.3) is 0 Å². The summed E-state index contributed by atoms with van der Waals surface area (Å²) in [5, 5.41) is 0.983. The van der Waals surface area contributed by atoms with Gasteiger partial charge in [-0.2, -0.15) is 0 Å². The van der Waals surface area contributed by atoms with Crippen LogP contribution >= 0.6 is 11.8 Å². The Hall–Kier alpha value is -2.11. The van der Waals surface area contributed by atoms with Crippen molar-refractivity contribution < 1.29 is 9.53 Å². The molecule has 0 fully saturated rings. The minimum absolute atomic E-state index is 0.128. The molecular weight excluding hydrogens is 356 g/mol. The molecule has 0 N–H and O–H groups in total. The molecule has 0 amide bonds. The van der Waals surface area contributed by atoms with Crippen molar-refractivity contribution >= 4 is 28.6 Å². The number of ketones is 1. The third-order valence-corrected chi connectivity index (χ3v) is 5.97. The topological polar surface area (TPSA) is 44.1 Å². The number of ether oxygens (including phenoxy) is 1. The number of thioether (sulfide) groups is 1. The maximum atomic E-state index is 12.1. The highest BCUT2D eigenvalue weighted by atomic mass is 32.2. The first-order valence-electron chi connectivity index (χ1n) is 9.11. The fourth-order valence-corrected chi connectivity index (χ4v) is 4.92. The molecule has 5 heteroatoms. The molecule has 27 heavy (non-hydrogen) atoms. The number of imidazole rings is 1. The molecule has 0 atom stereocenters. The molecule has 1 heterocycles. The van der Waals surface area contributed by atoms with Crippen molar-refractivity contribution in [2.24, 2.45) is 0 Å². The lowest BCUT2D eigenvalue weighted by Crippen LogP contribution is -2.07. The summed E-state index contributed by atoms with van der Waals surface area (Å²) in [5.41, 5.74) is 7.56. The van der Waals surface area contributed by atoms with Crippen LogP contribution in [-0.4, -0.2) is 29.1 Å². The number of nitrogens with zero attached hydrogens (tertiary/aromatic N) is 2. The number of aryl methyl sites for hydroxylation is 2. The van der Waals surface area contributed by atoms with Crippen LogP contribution in [-0.2, 0) is 17.0 Å². The number of aromatic nitrogens is 2. The van der Waals surface area contributed by atoms with Crippen LogP contribution in [0, 0.1) is 20.8 Å². The van der Waals surface area contributed by atoms with E-state index in [1.54, 1.807) is 25.8 Å². The summed E-state index contributed by atoms with van der Waals surface area (Å²) in [6, 6.07) is 10.3. The zero-order chi connectivity index (χ0) is 19.6. The Morgan fingerprint density at radius 1 is 1.19 bits per heavy atom. The van der Waals surface area contributed by atoms with Gasteiger partial charge in [0, 0.05) is 25.0 Å². The smallest absolute Gasteiger partial charge is 0.169 e. The summed E-state index contributed by atoms with van der Waals surface area (Å²) in [5.74, 6) is 0.915. The summed E-state index contributed by atoms with van der Waals surface area (Å²) < 4.78 is 7.50. The molecule has 0 aliphatic rings. The highest BCUT2D eigenvalue weighted by Crippen LogP contribution is 2.31. The number of rotatable bonds is 7. The molecule has 0 bridgehead atoms. The van der Waals surface area contributed by atoms with Gasteiger partial charge < -0.3 is 9.30 Å². The van der Waals surface area contributed by atoms with Gasteiger partial charge in [-0.3, -0.25) is 4.79 Å². The number of benzene rings is 2. The van der Waals surface area contributed by atoms with Gasteiger partial charge in [0.2, 0.25) is 0 Å². The summed E-state index contributed by atoms with van der Waals surface area (Å²) in [7, 11) is 1.72. The van der Waals surface area contributed by atoms with E-state index in [9.17, 15) is 4.79 Å². The van der Waals surface area contributed by atoms with Gasteiger partial charge in [-0.15, -0.1) is 0 Å². The van der Waals surface area contributed by atoms with Crippen LogP contribution in [0.3, 0.4) is 0 Å². The highest BCUT2D eigenvalue weighted by Gasteiger charge is 2.16. The van der Waals surface area contributed by atoms with E-state index < -0.39 is 0 Å². The predicted molar refractivity (Wildman–Crippen MR) is 112 cm³/mol. The SMILES string of the molecule is COCCn1c(SCc2c(C)cc(C)c(C(C)=O)c2C)nc2ccccc21. The molecular formula is C22H26N2O2S. The van der Waals surface area contributed by atoms with E-state index >= 15 is 0 Å². The third kappa shape index (κ3) is 3.94. The predicted octanol–water partition coefficient (Wildman–Crippen LogP) is 5.10. The van der Waals surface area contributed by atoms with Crippen molar-refractivity contribution in [3.8, 4) is 0 Å². The Morgan fingerprint density at radius 3 is 2.63 bits per heavy atom. The zero-order valence-corrected chi connectivity index (χ0v) is 17.4. The Bertz CT molecular complexity index is 992. The molecule has 0 radical (unpaired) electrons. The summed E-state index contributed by atoms with van der Waals surface area (Å²) in [4.78, 5) is 16.9. The average Bonchev–Trinajstić information content (AvgIpc) is 2.96. The van der Waals surface area contributed by atoms with Crippen molar-refractivity contribution in [3.05, 3.63) is 58.1 Å². The standard InChI is InChI=1S/C22H26N2O2S/c1-14-12-15(2)21(17(4)25)16(3)18(14)13-27-22-23-19-8-6-7-9-20(19)24(22)10-11-26-5/h6-9,12H,10-11,13H2,1-5H3. The number of methoxy groups -OCH3 is 1. The Kier molecular flexibility index (Phi) is 6.02. The number of hydrogen-bond acceptors (Lipinski definition) is 4. The molecule has 0 unspecified atom stereocenters. The van der Waals surface area contributed by atoms with E-state index in [0.29, 0.717) is 6.61 Å². The average molecular weight is 383 g/mol. The highest BCUT2D eigenvalue weighted by molar-refractivity contribution is 7.98. The lowest BCUT2D eigenvalue weighted by Gasteiger charge is -2.16. The van der Waals surface area contributed by atoms with Crippen molar-refractivity contribution in [1.82, 2.24) is 9.55 Å². The number of hydrogen-bond donors (Lipinski definition) is 0. The van der Waals surface area contributed by atoms with E-state index in [2.05, 4.69) is 30.5 Å². The summed E-state index contributed by atoms with van der Waals surface area (Å²) >= 11 is 1.72. The zero-order valence-electron chi connectivity index (χ0n) is 16.6. The quantitative estimate of drug-likeness (QED) is 0.421. The molecule has 0 spiro atoms. The largest absolute Gasteiger partial charge is 0.383 e. The van der Waals surface area contributed by atoms with E-state index in [-0.39, 0.29) is 5.78 Å². The van der Waals surface area contributed by atoms with Crippen LogP contribution in [0.15, 0.2) is 35.5 Å². The van der Waals surface area contributed by atoms with Gasteiger partial charge in [-0.05, 0) is 62.1 Å². The molecule has 4 nitrogen and oxygen atoms in total. The van der Waals surface area contributed by atoms with Gasteiger partial charge in [0.05, 0.1) is 17.6 Å². The van der Waals surface area contributed by atoms with Crippen molar-refractivity contribution in [2.45, 2.75) is 45.1 Å². The molecule has 142 valence electrons. The van der Waals surface area contributed by atoms with Crippen LogP contribution in [0.5, 0.6) is 0 Å². The molecule has 1 aromatic heterocycles. The molecule has 3 aromatic rings. The van der Waals surface area contributed by atoms with Crippen molar-refractivity contribution in [1.29, 1.82) is 0 Å². The number of fused-ring (bicyclic) bond motifs is 1. The van der Waals surface area contributed by atoms with Crippen LogP contribution in [0.1, 0.15) is 39.5 Å². The van der Waals surface area contributed by atoms with Gasteiger partial charge in [-0.25, -0.2) is 4.98 Å². The van der Waals surface area contributed by atoms with Crippen molar-refractivity contribution in [3.63, 3.8) is 0 Å². The Morgan fingerprint density at radius 2 is 1.93 bits per heavy atom. The monoisotopic (exact) mass is 382 g/mol. The minimum Gasteiger partial charge on any atom is -0.383 e. The van der Waals surface area contributed by atoms with Crippen molar-refractivity contribution in [2.75, 3.05) is 13.7 Å². The van der Waals surface area contributed by atoms with Crippen LogP contribution in [0.2, 0.25) is 0 Å². The minimum atomic E-state index is 0.128. The first kappa shape index (κ1) is 19.6. The maximum Gasteiger partial charge on any atom is 0.169 e. The third-order valence-electron chi connectivity index (χ3n) is 4.97. The first-order valence-corrected chi connectivity index (χ1v) is 10.1. The number of carbonyl (C=O) groups excluding carboxylic acids is 1. The van der Waals surface area contributed by atoms with E-state index in [1.807, 2.05) is 25.1 Å². The molecule has 0 saturated heterocycles. The fourth-order valence-electron chi connectivity index (χ4n) is 3.69. The fraction of sp³-hybridized carbons (Fsp3) is 0.364. The molecule has 0 saturated carbocycles. The number of carbonyl (C=O) groups is 1. The second-order valence-corrected chi connectivity index (χ2v) is 7.80. The Balaban J connectivity index is 1.96. The van der Waals surface area contributed by atoms with Gasteiger partial charge in [0.15, 0.2) is 10.9 Å². The van der Waals surface area contributed by atoms with E-state index in [1.165, 1.54) is 11.1 Å². The van der Waals surface area contributed by atoms with Gasteiger partial charge in [-0.1, -0.05) is 30.0 Å².